The number of hydrogen-bond acceptors (Lipinski definition) is 3. The van der Waals surface area contributed by atoms with Crippen LogP contribution in [0.2, 0.25) is 0 Å². The maximum absolute atomic E-state index is 11.8. The molecule has 0 bridgehead atoms. The van der Waals surface area contributed by atoms with E-state index >= 15 is 0 Å². The molecular formula is C14H23N3O. The number of amides is 1. The van der Waals surface area contributed by atoms with E-state index in [1.807, 2.05) is 57.2 Å². The number of aryl methyl sites for hydroxylation is 1. The summed E-state index contributed by atoms with van der Waals surface area (Å²) >= 11 is 0. The van der Waals surface area contributed by atoms with Crippen molar-refractivity contribution in [2.75, 3.05) is 46.1 Å². The van der Waals surface area contributed by atoms with E-state index in [1.54, 1.807) is 0 Å². The lowest BCUT2D eigenvalue weighted by Crippen LogP contribution is -2.34. The molecule has 1 aromatic carbocycles. The number of benzene rings is 1. The minimum Gasteiger partial charge on any atom is -0.325 e. The van der Waals surface area contributed by atoms with Gasteiger partial charge in [-0.05, 0) is 45.8 Å². The van der Waals surface area contributed by atoms with Crippen LogP contribution in [0.4, 0.5) is 5.69 Å². The number of rotatable bonds is 6. The van der Waals surface area contributed by atoms with E-state index in [0.717, 1.165) is 24.3 Å². The summed E-state index contributed by atoms with van der Waals surface area (Å²) in [5, 5.41) is 2.91. The molecule has 0 aromatic heterocycles. The van der Waals surface area contributed by atoms with Gasteiger partial charge in [-0.25, -0.2) is 0 Å². The highest BCUT2D eigenvalue weighted by atomic mass is 16.2. The van der Waals surface area contributed by atoms with Gasteiger partial charge in [-0.3, -0.25) is 9.69 Å². The van der Waals surface area contributed by atoms with Crippen LogP contribution in [0.3, 0.4) is 0 Å². The quantitative estimate of drug-likeness (QED) is 0.828. The van der Waals surface area contributed by atoms with E-state index in [2.05, 4.69) is 10.2 Å². The van der Waals surface area contributed by atoms with Gasteiger partial charge in [-0.15, -0.1) is 0 Å². The zero-order chi connectivity index (χ0) is 13.5. The fraction of sp³-hybridized carbons (Fsp3) is 0.500. The van der Waals surface area contributed by atoms with Crippen LogP contribution in [0.1, 0.15) is 5.56 Å². The minimum absolute atomic E-state index is 0.0295. The largest absolute Gasteiger partial charge is 0.325 e. The fourth-order valence-corrected chi connectivity index (χ4v) is 1.62. The summed E-state index contributed by atoms with van der Waals surface area (Å²) in [5.41, 5.74) is 2.01. The average molecular weight is 249 g/mol. The summed E-state index contributed by atoms with van der Waals surface area (Å²) in [4.78, 5) is 15.9. The molecule has 0 radical (unpaired) electrons. The van der Waals surface area contributed by atoms with Crippen LogP contribution < -0.4 is 5.32 Å². The number of carbonyl (C=O) groups excluding carboxylic acids is 1. The van der Waals surface area contributed by atoms with Crippen molar-refractivity contribution in [2.24, 2.45) is 0 Å². The van der Waals surface area contributed by atoms with Gasteiger partial charge in [-0.2, -0.15) is 0 Å². The van der Waals surface area contributed by atoms with E-state index in [4.69, 9.17) is 0 Å². The van der Waals surface area contributed by atoms with Crippen molar-refractivity contribution in [2.45, 2.75) is 6.92 Å². The Bertz CT molecular complexity index is 390. The normalized spacial score (nSPS) is 11.0. The molecule has 1 amide bonds. The fourth-order valence-electron chi connectivity index (χ4n) is 1.62. The Kier molecular flexibility index (Phi) is 5.82. The van der Waals surface area contributed by atoms with Crippen molar-refractivity contribution in [3.05, 3.63) is 29.8 Å². The van der Waals surface area contributed by atoms with Crippen molar-refractivity contribution in [1.82, 2.24) is 9.80 Å². The number of carbonyl (C=O) groups is 1. The summed E-state index contributed by atoms with van der Waals surface area (Å²) < 4.78 is 0. The van der Waals surface area contributed by atoms with Crippen molar-refractivity contribution < 1.29 is 4.79 Å². The average Bonchev–Trinajstić information content (AvgIpc) is 2.26. The molecule has 1 rings (SSSR count). The third-order valence-corrected chi connectivity index (χ3v) is 2.64. The topological polar surface area (TPSA) is 35.6 Å². The van der Waals surface area contributed by atoms with Crippen molar-refractivity contribution in [3.63, 3.8) is 0 Å². The van der Waals surface area contributed by atoms with Crippen LogP contribution in [0.25, 0.3) is 0 Å². The second-order valence-electron chi connectivity index (χ2n) is 4.96. The Labute approximate surface area is 110 Å². The van der Waals surface area contributed by atoms with Crippen molar-refractivity contribution in [3.8, 4) is 0 Å². The van der Waals surface area contributed by atoms with Crippen LogP contribution >= 0.6 is 0 Å². The van der Waals surface area contributed by atoms with Gasteiger partial charge < -0.3 is 10.2 Å². The van der Waals surface area contributed by atoms with Gasteiger partial charge in [0.1, 0.15) is 0 Å². The molecule has 0 aliphatic heterocycles. The van der Waals surface area contributed by atoms with Crippen LogP contribution in [0, 0.1) is 6.92 Å². The van der Waals surface area contributed by atoms with E-state index < -0.39 is 0 Å². The zero-order valence-electron chi connectivity index (χ0n) is 11.7. The number of likely N-dealkylation sites (N-methyl/N-ethyl adjacent to an activating group) is 2. The predicted octanol–water partition coefficient (Wildman–Crippen LogP) is 1.43. The molecule has 100 valence electrons. The Morgan fingerprint density at radius 1 is 1.22 bits per heavy atom. The monoisotopic (exact) mass is 249 g/mol. The summed E-state index contributed by atoms with van der Waals surface area (Å²) in [6.07, 6.45) is 0. The lowest BCUT2D eigenvalue weighted by atomic mass is 10.2. The maximum Gasteiger partial charge on any atom is 0.238 e. The SMILES string of the molecule is Cc1cccc(NC(=O)CN(C)CCN(C)C)c1. The van der Waals surface area contributed by atoms with Gasteiger partial charge in [0.05, 0.1) is 6.54 Å². The lowest BCUT2D eigenvalue weighted by molar-refractivity contribution is -0.117. The van der Waals surface area contributed by atoms with E-state index in [0.29, 0.717) is 6.54 Å². The second-order valence-corrected chi connectivity index (χ2v) is 4.96. The van der Waals surface area contributed by atoms with Gasteiger partial charge in [-0.1, -0.05) is 12.1 Å². The molecule has 1 N–H and O–H groups in total. The van der Waals surface area contributed by atoms with Crippen molar-refractivity contribution >= 4 is 11.6 Å². The highest BCUT2D eigenvalue weighted by Crippen LogP contribution is 2.09. The summed E-state index contributed by atoms with van der Waals surface area (Å²) in [6, 6.07) is 7.84. The van der Waals surface area contributed by atoms with Gasteiger partial charge >= 0.3 is 0 Å². The molecule has 0 aliphatic rings. The first kappa shape index (κ1) is 14.7. The molecule has 0 spiro atoms. The maximum atomic E-state index is 11.8. The molecule has 0 aliphatic carbocycles. The lowest BCUT2D eigenvalue weighted by Gasteiger charge is -2.18. The van der Waals surface area contributed by atoms with Crippen LogP contribution in [-0.4, -0.2) is 56.5 Å². The third kappa shape index (κ3) is 5.80. The standard InChI is InChI=1S/C14H23N3O/c1-12-6-5-7-13(10-12)15-14(18)11-17(4)9-8-16(2)3/h5-7,10H,8-9,11H2,1-4H3,(H,15,18). The van der Waals surface area contributed by atoms with Gasteiger partial charge in [0, 0.05) is 18.8 Å². The van der Waals surface area contributed by atoms with Crippen molar-refractivity contribution in [1.29, 1.82) is 0 Å². The Morgan fingerprint density at radius 2 is 1.94 bits per heavy atom. The van der Waals surface area contributed by atoms with E-state index in [9.17, 15) is 4.79 Å². The molecule has 0 fully saturated rings. The number of nitrogens with zero attached hydrogens (tertiary/aromatic N) is 2. The molecule has 0 saturated carbocycles. The van der Waals surface area contributed by atoms with Gasteiger partial charge in [0.15, 0.2) is 0 Å². The summed E-state index contributed by atoms with van der Waals surface area (Å²) in [5.74, 6) is 0.0295. The highest BCUT2D eigenvalue weighted by Gasteiger charge is 2.07. The molecule has 18 heavy (non-hydrogen) atoms. The molecule has 0 unspecified atom stereocenters. The predicted molar refractivity (Wildman–Crippen MR) is 75.9 cm³/mol. The number of hydrogen-bond donors (Lipinski definition) is 1. The number of anilines is 1. The summed E-state index contributed by atoms with van der Waals surface area (Å²) in [7, 11) is 6.01. The molecule has 4 heteroatoms. The molecule has 0 atom stereocenters. The molecule has 0 heterocycles. The number of nitrogens with one attached hydrogen (secondary N) is 1. The Hall–Kier alpha value is -1.39. The molecule has 0 saturated heterocycles. The first-order chi connectivity index (χ1) is 8.47. The third-order valence-electron chi connectivity index (χ3n) is 2.64. The Morgan fingerprint density at radius 3 is 2.56 bits per heavy atom. The zero-order valence-corrected chi connectivity index (χ0v) is 11.7. The molecule has 4 nitrogen and oxygen atoms in total. The van der Waals surface area contributed by atoms with Crippen LogP contribution in [-0.2, 0) is 4.79 Å². The Balaban J connectivity index is 2.37. The molecule has 1 aromatic rings. The minimum atomic E-state index is 0.0295. The van der Waals surface area contributed by atoms with Gasteiger partial charge in [0.2, 0.25) is 5.91 Å². The first-order valence-electron chi connectivity index (χ1n) is 6.17. The second kappa shape index (κ2) is 7.13. The molecular weight excluding hydrogens is 226 g/mol. The summed E-state index contributed by atoms with van der Waals surface area (Å²) in [6.45, 7) is 4.27. The van der Waals surface area contributed by atoms with Crippen LogP contribution in [0.15, 0.2) is 24.3 Å². The van der Waals surface area contributed by atoms with E-state index in [1.165, 1.54) is 0 Å². The first-order valence-corrected chi connectivity index (χ1v) is 6.17. The van der Waals surface area contributed by atoms with Crippen LogP contribution in [0.5, 0.6) is 0 Å². The van der Waals surface area contributed by atoms with Gasteiger partial charge in [0.25, 0.3) is 0 Å². The highest BCUT2D eigenvalue weighted by molar-refractivity contribution is 5.92. The van der Waals surface area contributed by atoms with E-state index in [-0.39, 0.29) is 5.91 Å². The smallest absolute Gasteiger partial charge is 0.238 e.